The molecule has 0 aliphatic heterocycles. The monoisotopic (exact) mass is 244 g/mol. The quantitative estimate of drug-likeness (QED) is 0.757. The highest BCUT2D eigenvalue weighted by Crippen LogP contribution is 2.42. The lowest BCUT2D eigenvalue weighted by Crippen LogP contribution is -2.38. The van der Waals surface area contributed by atoms with Crippen molar-refractivity contribution in [1.82, 2.24) is 0 Å². The third-order valence-corrected chi connectivity index (χ3v) is 4.64. The maximum Gasteiger partial charge on any atom is 0.150 e. The summed E-state index contributed by atoms with van der Waals surface area (Å²) in [4.78, 5) is 10.8. The zero-order chi connectivity index (χ0) is 12.5. The van der Waals surface area contributed by atoms with Crippen LogP contribution in [0.2, 0.25) is 0 Å². The molecule has 0 heterocycles. The van der Waals surface area contributed by atoms with E-state index in [2.05, 4.69) is 0 Å². The van der Waals surface area contributed by atoms with Crippen LogP contribution < -0.4 is 4.74 Å². The van der Waals surface area contributed by atoms with Crippen molar-refractivity contribution in [2.24, 2.45) is 11.8 Å². The second kappa shape index (κ2) is 4.75. The lowest BCUT2D eigenvalue weighted by atomic mass is 9.69. The Bertz CT molecular complexity index is 444. The van der Waals surface area contributed by atoms with Gasteiger partial charge < -0.3 is 4.74 Å². The number of aryl methyl sites for hydroxylation is 1. The van der Waals surface area contributed by atoms with Crippen molar-refractivity contribution in [3.05, 3.63) is 29.3 Å². The van der Waals surface area contributed by atoms with Crippen molar-refractivity contribution in [3.63, 3.8) is 0 Å². The normalized spacial score (nSPS) is 30.2. The summed E-state index contributed by atoms with van der Waals surface area (Å²) in [6.45, 7) is 1.96. The molecule has 0 amide bonds. The summed E-state index contributed by atoms with van der Waals surface area (Å²) in [6.07, 6.45) is 7.99. The fourth-order valence-electron chi connectivity index (χ4n) is 3.49. The van der Waals surface area contributed by atoms with Gasteiger partial charge in [0.15, 0.2) is 0 Å². The second-order valence-corrected chi connectivity index (χ2v) is 5.81. The van der Waals surface area contributed by atoms with Gasteiger partial charge in [0, 0.05) is 5.56 Å². The Balaban J connectivity index is 1.73. The van der Waals surface area contributed by atoms with E-state index in [9.17, 15) is 4.79 Å². The molecular formula is C16H20O2. The van der Waals surface area contributed by atoms with Gasteiger partial charge in [-0.2, -0.15) is 0 Å². The fraction of sp³-hybridized carbons (Fsp3) is 0.562. The van der Waals surface area contributed by atoms with Crippen molar-refractivity contribution in [3.8, 4) is 5.75 Å². The number of hydrogen-bond donors (Lipinski definition) is 0. The molecule has 1 unspecified atom stereocenters. The van der Waals surface area contributed by atoms with Gasteiger partial charge in [-0.05, 0) is 74.6 Å². The molecule has 3 aliphatic carbocycles. The number of carbonyl (C=O) groups is 1. The molecule has 4 rings (SSSR count). The van der Waals surface area contributed by atoms with Gasteiger partial charge in [0.25, 0.3) is 0 Å². The number of aldehydes is 1. The largest absolute Gasteiger partial charge is 0.490 e. The van der Waals surface area contributed by atoms with Crippen LogP contribution in [-0.4, -0.2) is 12.4 Å². The van der Waals surface area contributed by atoms with E-state index in [1.165, 1.54) is 32.1 Å². The zero-order valence-corrected chi connectivity index (χ0v) is 10.9. The molecule has 0 radical (unpaired) electrons. The van der Waals surface area contributed by atoms with E-state index < -0.39 is 0 Å². The van der Waals surface area contributed by atoms with Gasteiger partial charge in [-0.3, -0.25) is 4.79 Å². The van der Waals surface area contributed by atoms with Gasteiger partial charge in [0.05, 0.1) is 0 Å². The van der Waals surface area contributed by atoms with Gasteiger partial charge >= 0.3 is 0 Å². The molecule has 1 atom stereocenters. The van der Waals surface area contributed by atoms with E-state index in [1.54, 1.807) is 0 Å². The Morgan fingerprint density at radius 3 is 2.56 bits per heavy atom. The van der Waals surface area contributed by atoms with Crippen LogP contribution in [0.4, 0.5) is 0 Å². The van der Waals surface area contributed by atoms with Gasteiger partial charge in [-0.15, -0.1) is 0 Å². The molecule has 1 aromatic carbocycles. The first kappa shape index (κ1) is 11.8. The van der Waals surface area contributed by atoms with Gasteiger partial charge in [-0.25, -0.2) is 0 Å². The molecule has 2 nitrogen and oxygen atoms in total. The van der Waals surface area contributed by atoms with Crippen LogP contribution >= 0.6 is 0 Å². The first-order valence-corrected chi connectivity index (χ1v) is 6.99. The third-order valence-electron chi connectivity index (χ3n) is 4.64. The van der Waals surface area contributed by atoms with Crippen molar-refractivity contribution in [2.45, 2.75) is 45.1 Å². The summed E-state index contributed by atoms with van der Waals surface area (Å²) in [5, 5.41) is 0. The number of hydrogen-bond acceptors (Lipinski definition) is 2. The molecule has 2 heteroatoms. The van der Waals surface area contributed by atoms with E-state index in [1.807, 2.05) is 25.1 Å². The summed E-state index contributed by atoms with van der Waals surface area (Å²) in [5.41, 5.74) is 1.76. The smallest absolute Gasteiger partial charge is 0.150 e. The molecule has 0 saturated heterocycles. The predicted molar refractivity (Wildman–Crippen MR) is 71.0 cm³/mol. The van der Waals surface area contributed by atoms with Gasteiger partial charge in [-0.1, -0.05) is 0 Å². The second-order valence-electron chi connectivity index (χ2n) is 5.81. The number of benzene rings is 1. The van der Waals surface area contributed by atoms with E-state index >= 15 is 0 Å². The van der Waals surface area contributed by atoms with E-state index in [-0.39, 0.29) is 0 Å². The average Bonchev–Trinajstić information content (AvgIpc) is 2.40. The summed E-state index contributed by atoms with van der Waals surface area (Å²) in [6, 6.07) is 5.78. The lowest BCUT2D eigenvalue weighted by molar-refractivity contribution is 0.0201. The molecule has 0 aromatic heterocycles. The third kappa shape index (κ3) is 2.16. The van der Waals surface area contributed by atoms with Crippen LogP contribution in [0.5, 0.6) is 5.75 Å². The summed E-state index contributed by atoms with van der Waals surface area (Å²) >= 11 is 0. The van der Waals surface area contributed by atoms with Crippen LogP contribution in [0.1, 0.15) is 48.0 Å². The predicted octanol–water partition coefficient (Wildman–Crippen LogP) is 3.77. The molecule has 3 saturated carbocycles. The summed E-state index contributed by atoms with van der Waals surface area (Å²) < 4.78 is 6.15. The summed E-state index contributed by atoms with van der Waals surface area (Å²) in [7, 11) is 0. The van der Waals surface area contributed by atoms with Crippen LogP contribution in [-0.2, 0) is 0 Å². The Morgan fingerprint density at radius 2 is 2.00 bits per heavy atom. The highest BCUT2D eigenvalue weighted by atomic mass is 16.5. The minimum atomic E-state index is 0.402. The van der Waals surface area contributed by atoms with Crippen molar-refractivity contribution in [2.75, 3.05) is 0 Å². The molecule has 18 heavy (non-hydrogen) atoms. The van der Waals surface area contributed by atoms with E-state index in [0.29, 0.717) is 6.10 Å². The van der Waals surface area contributed by atoms with Crippen molar-refractivity contribution < 1.29 is 9.53 Å². The maximum atomic E-state index is 10.8. The molecular weight excluding hydrogens is 224 g/mol. The Morgan fingerprint density at radius 1 is 1.22 bits per heavy atom. The maximum absolute atomic E-state index is 10.8. The average molecular weight is 244 g/mol. The van der Waals surface area contributed by atoms with Gasteiger partial charge in [0.1, 0.15) is 18.1 Å². The number of carbonyl (C=O) groups excluding carboxylic acids is 1. The molecule has 0 N–H and O–H groups in total. The Labute approximate surface area is 108 Å². The number of rotatable bonds is 3. The lowest BCUT2D eigenvalue weighted by Gasteiger charge is -2.42. The highest BCUT2D eigenvalue weighted by Gasteiger charge is 2.36. The Hall–Kier alpha value is -1.31. The van der Waals surface area contributed by atoms with Crippen LogP contribution in [0.3, 0.4) is 0 Å². The molecule has 3 aliphatic rings. The zero-order valence-electron chi connectivity index (χ0n) is 10.9. The van der Waals surface area contributed by atoms with E-state index in [0.717, 1.165) is 35.0 Å². The fourth-order valence-corrected chi connectivity index (χ4v) is 3.49. The molecule has 96 valence electrons. The molecule has 1 aromatic rings. The van der Waals surface area contributed by atoms with Crippen molar-refractivity contribution in [1.29, 1.82) is 0 Å². The molecule has 0 spiro atoms. The van der Waals surface area contributed by atoms with E-state index in [4.69, 9.17) is 4.74 Å². The number of fused-ring (bicyclic) bond motifs is 3. The first-order chi connectivity index (χ1) is 8.76. The topological polar surface area (TPSA) is 26.3 Å². The highest BCUT2D eigenvalue weighted by molar-refractivity contribution is 5.77. The summed E-state index contributed by atoms with van der Waals surface area (Å²) in [5.74, 6) is 2.56. The minimum absolute atomic E-state index is 0.402. The first-order valence-electron chi connectivity index (χ1n) is 6.99. The van der Waals surface area contributed by atoms with Crippen LogP contribution in [0, 0.1) is 18.8 Å². The van der Waals surface area contributed by atoms with Crippen molar-refractivity contribution >= 4 is 6.29 Å². The minimum Gasteiger partial charge on any atom is -0.490 e. The van der Waals surface area contributed by atoms with Crippen LogP contribution in [0.15, 0.2) is 18.2 Å². The van der Waals surface area contributed by atoms with Crippen LogP contribution in [0.25, 0.3) is 0 Å². The standard InChI is InChI=1S/C16H20O2/c1-11-8-15(7-6-14(11)10-17)18-16-9-12-2-4-13(16)5-3-12/h6-8,10,12-13,16H,2-5,9H2,1H3. The Kier molecular flexibility index (Phi) is 3.11. The molecule has 2 bridgehead atoms. The number of ether oxygens (including phenoxy) is 1. The molecule has 3 fully saturated rings. The SMILES string of the molecule is Cc1cc(OC2CC3CCC2CC3)ccc1C=O. The van der Waals surface area contributed by atoms with Gasteiger partial charge in [0.2, 0.25) is 0 Å².